The van der Waals surface area contributed by atoms with E-state index in [0.29, 0.717) is 19.4 Å². The molecule has 20 N–H and O–H groups in total. The van der Waals surface area contributed by atoms with E-state index in [1.54, 1.807) is 92.8 Å². The topological polar surface area (TPSA) is 450 Å². The number of aliphatic hydroxyl groups is 15. The summed E-state index contributed by atoms with van der Waals surface area (Å²) in [7, 11) is 0. The van der Waals surface area contributed by atoms with Crippen molar-refractivity contribution < 1.29 is 100 Å². The van der Waals surface area contributed by atoms with Crippen LogP contribution in [-0.4, -0.2) is 211 Å². The molecule has 0 radical (unpaired) electrons. The summed E-state index contributed by atoms with van der Waals surface area (Å²) in [5.74, 6) is -2.96. The lowest BCUT2D eigenvalue weighted by atomic mass is 9.88. The molecule has 0 saturated carbocycles. The van der Waals surface area contributed by atoms with Crippen LogP contribution in [-0.2, 0) is 23.9 Å². The molecule has 0 aromatic rings. The van der Waals surface area contributed by atoms with Gasteiger partial charge in [-0.05, 0) is 77.6 Å². The van der Waals surface area contributed by atoms with Crippen LogP contribution in [0.25, 0.3) is 0 Å². The molecule has 95 heavy (non-hydrogen) atoms. The first-order chi connectivity index (χ1) is 45.1. The number of hydrogen-bond acceptors (Lipinski definition) is 21. The summed E-state index contributed by atoms with van der Waals surface area (Å²) in [4.78, 5) is 41.0. The predicted molar refractivity (Wildman–Crippen MR) is 363 cm³/mol. The first-order valence-corrected chi connectivity index (χ1v) is 32.8. The molecule has 534 valence electrons. The van der Waals surface area contributed by atoms with Gasteiger partial charge in [0.05, 0.1) is 79.4 Å². The van der Waals surface area contributed by atoms with Crippen molar-refractivity contribution in [2.45, 2.75) is 234 Å². The smallest absolute Gasteiger partial charge is 0.248 e. The number of rotatable bonds is 47. The van der Waals surface area contributed by atoms with Gasteiger partial charge in [0.25, 0.3) is 0 Å². The van der Waals surface area contributed by atoms with E-state index in [2.05, 4.69) is 10.3 Å². The Morgan fingerprint density at radius 2 is 1.11 bits per heavy atom. The monoisotopic (exact) mass is 1340 g/mol. The van der Waals surface area contributed by atoms with Gasteiger partial charge in [0.1, 0.15) is 35.6 Å². The lowest BCUT2D eigenvalue weighted by Crippen LogP contribution is -2.58. The van der Waals surface area contributed by atoms with Crippen molar-refractivity contribution in [1.29, 1.82) is 0 Å². The van der Waals surface area contributed by atoms with Gasteiger partial charge in [-0.2, -0.15) is 0 Å². The molecule has 20 atom stereocenters. The Bertz CT molecular complexity index is 2660. The lowest BCUT2D eigenvalue weighted by Gasteiger charge is -2.41. The highest BCUT2D eigenvalue weighted by Gasteiger charge is 2.44. The number of aliphatic hydroxyl groups excluding tert-OH is 15. The third-order valence-corrected chi connectivity index (χ3v) is 15.8. The van der Waals surface area contributed by atoms with E-state index >= 15 is 0 Å². The second-order valence-electron chi connectivity index (χ2n) is 24.4. The van der Waals surface area contributed by atoms with Crippen molar-refractivity contribution in [3.05, 3.63) is 157 Å². The molecule has 20 unspecified atom stereocenters. The van der Waals surface area contributed by atoms with Crippen LogP contribution < -0.4 is 16.8 Å². The maximum absolute atomic E-state index is 13.6. The molecule has 2 aliphatic rings. The fourth-order valence-electron chi connectivity index (χ4n) is 10.1. The van der Waals surface area contributed by atoms with Crippen LogP contribution >= 0.6 is 0 Å². The average molecular weight is 1340 g/mol. The van der Waals surface area contributed by atoms with Gasteiger partial charge < -0.3 is 103 Å². The SMILES string of the molecule is CC(/C=C/CC/C=C/C=C/C=C/C=C/C(=O)NC1=C(O)CCC1=O)C(O)C(C)C(O)/C=C/C=C/C=C/C=C/C=C/CC(OC1OC(C)C(O)C(O)C1O)C(C)C(=O)CC(O)CC(O)CC(O)/C=C/CC(O)CC(O)CC(O)CC(O)/C=C/CC(O)CC(O)CCCN=C(N)N. The first kappa shape index (κ1) is 84.9. The molecule has 1 aliphatic heterocycles. The van der Waals surface area contributed by atoms with Crippen molar-refractivity contribution in [2.24, 2.45) is 34.2 Å². The van der Waals surface area contributed by atoms with Gasteiger partial charge in [0, 0.05) is 62.5 Å². The number of aliphatic imine (C=N–C) groups is 1. The van der Waals surface area contributed by atoms with Gasteiger partial charge in [-0.25, -0.2) is 0 Å². The van der Waals surface area contributed by atoms with E-state index in [1.165, 1.54) is 43.4 Å². The Hall–Kier alpha value is -6.14. The van der Waals surface area contributed by atoms with Crippen molar-refractivity contribution in [3.63, 3.8) is 0 Å². The Morgan fingerprint density at radius 1 is 0.589 bits per heavy atom. The van der Waals surface area contributed by atoms with Crippen LogP contribution in [0.1, 0.15) is 130 Å². The number of amides is 1. The number of guanidine groups is 1. The number of carbonyl (C=O) groups is 3. The van der Waals surface area contributed by atoms with Crippen molar-refractivity contribution in [3.8, 4) is 0 Å². The average Bonchev–Trinajstić information content (AvgIpc) is 1.75. The molecule has 1 aliphatic carbocycles. The zero-order valence-electron chi connectivity index (χ0n) is 55.3. The van der Waals surface area contributed by atoms with Gasteiger partial charge in [-0.15, -0.1) is 0 Å². The van der Waals surface area contributed by atoms with Gasteiger partial charge in [-0.3, -0.25) is 19.4 Å². The molecular weight excluding hydrogens is 1230 g/mol. The molecule has 0 aromatic carbocycles. The predicted octanol–water partition coefficient (Wildman–Crippen LogP) is 3.30. The highest BCUT2D eigenvalue weighted by atomic mass is 16.7. The molecular formula is C71H110N4O20. The van der Waals surface area contributed by atoms with Crippen LogP contribution in [0.3, 0.4) is 0 Å². The second kappa shape index (κ2) is 48.5. The molecule has 1 amide bonds. The third-order valence-electron chi connectivity index (χ3n) is 15.8. The summed E-state index contributed by atoms with van der Waals surface area (Å²) < 4.78 is 11.7. The highest BCUT2D eigenvalue weighted by molar-refractivity contribution is 6.03. The van der Waals surface area contributed by atoms with Gasteiger partial charge in [0.2, 0.25) is 5.91 Å². The maximum atomic E-state index is 13.6. The zero-order chi connectivity index (χ0) is 70.8. The normalized spacial score (nSPS) is 23.6. The minimum Gasteiger partial charge on any atom is -0.510 e. The number of allylic oxidation sites excluding steroid dienone is 18. The van der Waals surface area contributed by atoms with Crippen LogP contribution in [0.5, 0.6) is 0 Å². The van der Waals surface area contributed by atoms with E-state index in [0.717, 1.165) is 12.8 Å². The van der Waals surface area contributed by atoms with E-state index in [9.17, 15) is 91.0 Å². The highest BCUT2D eigenvalue weighted by Crippen LogP contribution is 2.28. The minimum absolute atomic E-state index is 0.0108. The van der Waals surface area contributed by atoms with E-state index in [1.807, 2.05) is 37.3 Å². The molecule has 2 rings (SSSR count). The van der Waals surface area contributed by atoms with Gasteiger partial charge in [0.15, 0.2) is 18.0 Å². The summed E-state index contributed by atoms with van der Waals surface area (Å²) >= 11 is 0. The Morgan fingerprint density at radius 3 is 1.68 bits per heavy atom. The second-order valence-corrected chi connectivity index (χ2v) is 24.4. The van der Waals surface area contributed by atoms with Crippen LogP contribution in [0.2, 0.25) is 0 Å². The standard InChI is InChI=1S/C71H110N4O20/c1-46(27-20-16-12-8-5-6-11-15-19-23-35-64(89)75-65-60(86)36-37-61(65)87)66(90)48(3)59(85)33-21-17-13-9-7-10-14-18-22-34-63(95-70-69(93)68(92)67(91)49(4)94-70)47(2)62(88)45-58(84)44-57(83)42-53(79)31-25-30-52(78)41-56(82)43-55(81)40-51(77)29-24-28-50(76)39-54(80)32-26-38-74-71(72)73/h5-11,13-15,17-25,27,29,31,33,35,46-59,63,66-70,76-86,90-93H,12,16,26,28,30,32,34,36-45H2,1-4H3,(H,75,89)(H4,72,73,74)/b8-5+,9-7+,11-6+,14-10+,17-13+,19-15+,22-18+,27-20+,29-24+,31-25+,33-21+,35-23+. The number of carbonyl (C=O) groups excluding carboxylic acids is 3. The molecule has 1 saturated heterocycles. The Labute approximate surface area is 559 Å². The largest absolute Gasteiger partial charge is 0.510 e. The molecule has 1 heterocycles. The fourth-order valence-corrected chi connectivity index (χ4v) is 10.1. The summed E-state index contributed by atoms with van der Waals surface area (Å²) in [6, 6.07) is 0. The summed E-state index contributed by atoms with van der Waals surface area (Å²) in [6.07, 6.45) is 23.1. The number of nitrogens with zero attached hydrogens (tertiary/aromatic N) is 1. The first-order valence-electron chi connectivity index (χ1n) is 32.8. The van der Waals surface area contributed by atoms with Crippen LogP contribution in [0.15, 0.2) is 162 Å². The number of hydrogen-bond donors (Lipinski definition) is 18. The number of ether oxygens (including phenoxy) is 2. The molecule has 0 aromatic heterocycles. The summed E-state index contributed by atoms with van der Waals surface area (Å²) in [6.45, 7) is 7.07. The van der Waals surface area contributed by atoms with E-state index < -0.39 is 134 Å². The van der Waals surface area contributed by atoms with Crippen LogP contribution in [0, 0.1) is 17.8 Å². The molecule has 24 nitrogen and oxygen atoms in total. The number of ketones is 2. The summed E-state index contributed by atoms with van der Waals surface area (Å²) in [5.41, 5.74) is 10.5. The van der Waals surface area contributed by atoms with E-state index in [-0.39, 0.29) is 99.7 Å². The molecule has 1 fully saturated rings. The molecule has 0 bridgehead atoms. The zero-order valence-corrected chi connectivity index (χ0v) is 55.3. The summed E-state index contributed by atoms with van der Waals surface area (Å²) in [5, 5.41) is 159. The quantitative estimate of drug-likeness (QED) is 0.0104. The van der Waals surface area contributed by atoms with Crippen molar-refractivity contribution in [2.75, 3.05) is 6.54 Å². The number of Topliss-reactive ketones (excluding diaryl/α,β-unsaturated/α-hetero) is 2. The third kappa shape index (κ3) is 37.8. The van der Waals surface area contributed by atoms with E-state index in [4.69, 9.17) is 20.9 Å². The van der Waals surface area contributed by atoms with Gasteiger partial charge >= 0.3 is 0 Å². The van der Waals surface area contributed by atoms with Crippen molar-refractivity contribution in [1.82, 2.24) is 5.32 Å². The maximum Gasteiger partial charge on any atom is 0.248 e. The van der Waals surface area contributed by atoms with Gasteiger partial charge in [-0.1, -0.05) is 161 Å². The minimum atomic E-state index is -1.65. The number of unbranched alkanes of at least 4 members (excludes halogenated alkanes) is 1. The molecule has 24 heteroatoms. The van der Waals surface area contributed by atoms with Crippen molar-refractivity contribution >= 4 is 23.4 Å². The number of nitrogens with two attached hydrogens (primary N) is 2. The van der Waals surface area contributed by atoms with Crippen LogP contribution in [0.4, 0.5) is 0 Å². The fraction of sp³-hybridized carbons (Fsp3) is 0.577. The lowest BCUT2D eigenvalue weighted by molar-refractivity contribution is -0.306. The number of nitrogens with one attached hydrogen (secondary N) is 1. The molecule has 0 spiro atoms. The Balaban J connectivity index is 1.81. The Kier molecular flexibility index (Phi) is 43.4.